The molecule has 0 unspecified atom stereocenters. The third kappa shape index (κ3) is 15.3. The molecule has 2 heterocycles. The van der Waals surface area contributed by atoms with Gasteiger partial charge in [0, 0.05) is 31.9 Å². The maximum atomic E-state index is 10.7. The molecule has 2 aromatic rings. The van der Waals surface area contributed by atoms with Crippen LogP contribution in [-0.2, 0) is 20.8 Å². The fourth-order valence-electron chi connectivity index (χ4n) is 3.18. The van der Waals surface area contributed by atoms with Crippen LogP contribution in [0.1, 0.15) is 30.4 Å². The summed E-state index contributed by atoms with van der Waals surface area (Å²) in [5.74, 6) is -5.60. The van der Waals surface area contributed by atoms with Gasteiger partial charge in [0.1, 0.15) is 0 Å². The highest BCUT2D eigenvalue weighted by Crippen LogP contribution is 2.23. The van der Waals surface area contributed by atoms with E-state index < -0.39 is 30.3 Å². The van der Waals surface area contributed by atoms with Crippen LogP contribution in [0.3, 0.4) is 0 Å². The van der Waals surface area contributed by atoms with Crippen LogP contribution in [0.4, 0.5) is 26.3 Å². The summed E-state index contributed by atoms with van der Waals surface area (Å²) in [6.45, 7) is 2.94. The van der Waals surface area contributed by atoms with Crippen molar-refractivity contribution in [3.8, 4) is 5.88 Å². The Morgan fingerprint density at radius 3 is 1.93 bits per heavy atom. The van der Waals surface area contributed by atoms with Gasteiger partial charge in [-0.3, -0.25) is 9.69 Å². The Morgan fingerprint density at radius 2 is 1.49 bits per heavy atom. The summed E-state index contributed by atoms with van der Waals surface area (Å²) in [5.41, 5.74) is 3.71. The first-order valence-electron chi connectivity index (χ1n) is 12.0. The van der Waals surface area contributed by atoms with E-state index in [2.05, 4.69) is 46.3 Å². The lowest BCUT2D eigenvalue weighted by Gasteiger charge is -2.25. The summed E-state index contributed by atoms with van der Waals surface area (Å²) in [4.78, 5) is 35.0. The number of benzene rings is 1. The zero-order chi connectivity index (χ0) is 31.1. The second kappa shape index (κ2) is 16.8. The number of ether oxygens (including phenoxy) is 1. The Hall–Kier alpha value is -4.14. The summed E-state index contributed by atoms with van der Waals surface area (Å²) in [5, 5.41) is 23.0. The third-order valence-electron chi connectivity index (χ3n) is 5.23. The lowest BCUT2D eigenvalue weighted by Crippen LogP contribution is -2.30. The topological polar surface area (TPSA) is 137 Å². The molecule has 0 spiro atoms. The first kappa shape index (κ1) is 34.9. The number of carboxylic acids is 3. The molecule has 1 aromatic heterocycles. The van der Waals surface area contributed by atoms with E-state index in [-0.39, 0.29) is 6.42 Å². The molecule has 1 aromatic carbocycles. The lowest BCUT2D eigenvalue weighted by molar-refractivity contribution is -0.193. The molecule has 0 bridgehead atoms. The predicted molar refractivity (Wildman–Crippen MR) is 133 cm³/mol. The number of aliphatic carboxylic acids is 3. The van der Waals surface area contributed by atoms with E-state index in [1.165, 1.54) is 11.1 Å². The summed E-state index contributed by atoms with van der Waals surface area (Å²) < 4.78 is 69.2. The molecule has 226 valence electrons. The number of carbonyl (C=O) groups is 3. The molecule has 15 heteroatoms. The molecule has 0 atom stereocenters. The number of rotatable bonds is 9. The van der Waals surface area contributed by atoms with Crippen LogP contribution < -0.4 is 4.74 Å². The van der Waals surface area contributed by atoms with E-state index in [1.54, 1.807) is 0 Å². The van der Waals surface area contributed by atoms with Gasteiger partial charge in [0.2, 0.25) is 5.88 Å². The molecule has 1 aliphatic heterocycles. The number of aryl methyl sites for hydroxylation is 1. The highest BCUT2D eigenvalue weighted by Gasteiger charge is 2.38. The van der Waals surface area contributed by atoms with Gasteiger partial charge >= 0.3 is 30.3 Å². The Balaban J connectivity index is 0.000000497. The molecule has 0 saturated heterocycles. The molecule has 41 heavy (non-hydrogen) atoms. The normalized spacial score (nSPS) is 13.5. The SMILES string of the molecule is O=C(O)C(F)(F)F.O=C(O)C(F)(F)F.O=C(O)CCN1CC=C(c2ccc(OCCCc3ccccc3)nc2)CC1. The number of alkyl halides is 6. The minimum Gasteiger partial charge on any atom is -0.481 e. The summed E-state index contributed by atoms with van der Waals surface area (Å²) >= 11 is 0. The van der Waals surface area contributed by atoms with Crippen LogP contribution in [0, 0.1) is 0 Å². The number of nitrogens with zero attached hydrogens (tertiary/aromatic N) is 2. The van der Waals surface area contributed by atoms with E-state index in [4.69, 9.17) is 29.6 Å². The first-order chi connectivity index (χ1) is 19.1. The van der Waals surface area contributed by atoms with Gasteiger partial charge in [0.25, 0.3) is 0 Å². The van der Waals surface area contributed by atoms with Crippen molar-refractivity contribution in [2.45, 2.75) is 38.0 Å². The highest BCUT2D eigenvalue weighted by molar-refractivity contribution is 5.73. The van der Waals surface area contributed by atoms with Gasteiger partial charge in [0.15, 0.2) is 0 Å². The van der Waals surface area contributed by atoms with Gasteiger partial charge in [0.05, 0.1) is 13.0 Å². The van der Waals surface area contributed by atoms with E-state index in [9.17, 15) is 31.1 Å². The van der Waals surface area contributed by atoms with Crippen LogP contribution >= 0.6 is 0 Å². The van der Waals surface area contributed by atoms with Gasteiger partial charge in [-0.15, -0.1) is 0 Å². The maximum Gasteiger partial charge on any atom is 0.490 e. The molecule has 0 amide bonds. The van der Waals surface area contributed by atoms with Crippen molar-refractivity contribution in [3.05, 3.63) is 65.9 Å². The first-order valence-corrected chi connectivity index (χ1v) is 12.0. The molecule has 3 N–H and O–H groups in total. The standard InChI is InChI=1S/C22H26N2O3.2C2HF3O2/c25-22(26)12-15-24-13-10-19(11-14-24)20-8-9-21(23-17-20)27-16-4-7-18-5-2-1-3-6-18;2*3-2(4,5)1(6)7/h1-3,5-6,8-10,17H,4,7,11-16H2,(H,25,26);2*(H,6,7). The molecule has 0 aliphatic carbocycles. The van der Waals surface area contributed by atoms with Crippen LogP contribution in [0.25, 0.3) is 5.57 Å². The Bertz CT molecular complexity index is 1110. The fraction of sp³-hybridized carbons (Fsp3) is 0.385. The number of hydrogen-bond donors (Lipinski definition) is 3. The molecule has 0 radical (unpaired) electrons. The molecule has 9 nitrogen and oxygen atoms in total. The number of carboxylic acid groups (broad SMARTS) is 3. The van der Waals surface area contributed by atoms with Crippen LogP contribution in [0.2, 0.25) is 0 Å². The van der Waals surface area contributed by atoms with Crippen molar-refractivity contribution in [2.75, 3.05) is 26.2 Å². The number of aromatic nitrogens is 1. The van der Waals surface area contributed by atoms with Crippen LogP contribution in [-0.4, -0.2) is 81.7 Å². The van der Waals surface area contributed by atoms with Crippen molar-refractivity contribution in [1.82, 2.24) is 9.88 Å². The van der Waals surface area contributed by atoms with Gasteiger partial charge in [-0.1, -0.05) is 36.4 Å². The van der Waals surface area contributed by atoms with Gasteiger partial charge in [-0.2, -0.15) is 26.3 Å². The second-order valence-corrected chi connectivity index (χ2v) is 8.35. The van der Waals surface area contributed by atoms with Gasteiger partial charge < -0.3 is 20.1 Å². The Kier molecular flexibility index (Phi) is 14.3. The number of halogens is 6. The van der Waals surface area contributed by atoms with Crippen molar-refractivity contribution < 1.29 is 60.8 Å². The van der Waals surface area contributed by atoms with E-state index in [0.29, 0.717) is 19.0 Å². The highest BCUT2D eigenvalue weighted by atomic mass is 19.4. The van der Waals surface area contributed by atoms with Crippen molar-refractivity contribution >= 4 is 23.5 Å². The average Bonchev–Trinajstić information content (AvgIpc) is 2.91. The zero-order valence-electron chi connectivity index (χ0n) is 21.5. The van der Waals surface area contributed by atoms with Crippen molar-refractivity contribution in [2.24, 2.45) is 0 Å². The van der Waals surface area contributed by atoms with Crippen LogP contribution in [0.15, 0.2) is 54.7 Å². The predicted octanol–water partition coefficient (Wildman–Crippen LogP) is 4.92. The largest absolute Gasteiger partial charge is 0.490 e. The quantitative estimate of drug-likeness (QED) is 0.273. The Morgan fingerprint density at radius 1 is 0.902 bits per heavy atom. The minimum atomic E-state index is -5.08. The van der Waals surface area contributed by atoms with Gasteiger partial charge in [-0.05, 0) is 42.0 Å². The maximum absolute atomic E-state index is 10.7. The van der Waals surface area contributed by atoms with Gasteiger partial charge in [-0.25, -0.2) is 14.6 Å². The summed E-state index contributed by atoms with van der Waals surface area (Å²) in [6, 6.07) is 14.4. The molecule has 0 fully saturated rings. The smallest absolute Gasteiger partial charge is 0.481 e. The van der Waals surface area contributed by atoms with Crippen molar-refractivity contribution in [3.63, 3.8) is 0 Å². The zero-order valence-corrected chi connectivity index (χ0v) is 21.5. The van der Waals surface area contributed by atoms with Crippen molar-refractivity contribution in [1.29, 1.82) is 0 Å². The number of hydrogen-bond acceptors (Lipinski definition) is 6. The fourth-order valence-corrected chi connectivity index (χ4v) is 3.18. The third-order valence-corrected chi connectivity index (χ3v) is 5.23. The van der Waals surface area contributed by atoms with E-state index in [0.717, 1.165) is 37.9 Å². The average molecular weight is 595 g/mol. The number of pyridine rings is 1. The molecule has 3 rings (SSSR count). The van der Waals surface area contributed by atoms with Crippen LogP contribution in [0.5, 0.6) is 5.88 Å². The second-order valence-electron chi connectivity index (χ2n) is 8.35. The Labute approximate surface area is 230 Å². The summed E-state index contributed by atoms with van der Waals surface area (Å²) in [7, 11) is 0. The van der Waals surface area contributed by atoms with E-state index in [1.807, 2.05) is 18.3 Å². The molecule has 1 aliphatic rings. The monoisotopic (exact) mass is 594 g/mol. The molecular formula is C26H28F6N2O7. The molecular weight excluding hydrogens is 566 g/mol. The minimum absolute atomic E-state index is 0.195. The summed E-state index contributed by atoms with van der Waals surface area (Å²) in [6.07, 6.45) is -3.05. The molecule has 0 saturated carbocycles. The van der Waals surface area contributed by atoms with E-state index >= 15 is 0 Å². The lowest BCUT2D eigenvalue weighted by atomic mass is 10.0.